The maximum Gasteiger partial charge on any atom is 0.261 e. The van der Waals surface area contributed by atoms with Gasteiger partial charge in [0.25, 0.3) is 5.91 Å². The van der Waals surface area contributed by atoms with Crippen LogP contribution in [0.3, 0.4) is 0 Å². The van der Waals surface area contributed by atoms with E-state index in [4.69, 9.17) is 5.73 Å². The molecule has 4 rings (SSSR count). The van der Waals surface area contributed by atoms with Crippen molar-refractivity contribution in [3.8, 4) is 0 Å². The Morgan fingerprint density at radius 3 is 2.81 bits per heavy atom. The molecule has 0 unspecified atom stereocenters. The van der Waals surface area contributed by atoms with Crippen molar-refractivity contribution in [1.82, 2.24) is 4.57 Å². The van der Waals surface area contributed by atoms with Crippen LogP contribution in [0.25, 0.3) is 10.9 Å². The lowest BCUT2D eigenvalue weighted by molar-refractivity contribution is 0.0997. The third kappa shape index (κ3) is 1.65. The highest BCUT2D eigenvalue weighted by molar-refractivity contribution is 6.13. The number of fused-ring (bicyclic) bond motifs is 2. The molecule has 0 bridgehead atoms. The quantitative estimate of drug-likeness (QED) is 0.695. The van der Waals surface area contributed by atoms with E-state index in [0.29, 0.717) is 17.8 Å². The van der Waals surface area contributed by atoms with E-state index in [9.17, 15) is 4.79 Å². The molecule has 21 heavy (non-hydrogen) atoms. The predicted octanol–water partition coefficient (Wildman–Crippen LogP) is 2.92. The summed E-state index contributed by atoms with van der Waals surface area (Å²) >= 11 is 0. The van der Waals surface area contributed by atoms with Crippen LogP contribution in [-0.4, -0.2) is 10.5 Å². The fraction of sp³-hybridized carbons (Fsp3) is 0.118. The van der Waals surface area contributed by atoms with Crippen LogP contribution >= 0.6 is 0 Å². The molecule has 2 heterocycles. The maximum atomic E-state index is 12.6. The minimum Gasteiger partial charge on any atom is -0.398 e. The van der Waals surface area contributed by atoms with E-state index in [1.165, 1.54) is 0 Å². The molecule has 0 spiro atoms. The lowest BCUT2D eigenvalue weighted by Gasteiger charge is -2.16. The van der Waals surface area contributed by atoms with Crippen LogP contribution in [0, 0.1) is 0 Å². The van der Waals surface area contributed by atoms with Crippen molar-refractivity contribution in [2.24, 2.45) is 7.05 Å². The highest BCUT2D eigenvalue weighted by Crippen LogP contribution is 2.33. The van der Waals surface area contributed by atoms with Crippen LogP contribution in [0.4, 0.5) is 11.4 Å². The molecule has 2 N–H and O–H groups in total. The molecule has 1 aromatic heterocycles. The van der Waals surface area contributed by atoms with Gasteiger partial charge in [0.15, 0.2) is 0 Å². The van der Waals surface area contributed by atoms with Gasteiger partial charge in [0, 0.05) is 35.5 Å². The summed E-state index contributed by atoms with van der Waals surface area (Å²) in [6.45, 7) is 0.581. The van der Waals surface area contributed by atoms with Crippen molar-refractivity contribution in [3.63, 3.8) is 0 Å². The molecule has 4 nitrogen and oxygen atoms in total. The summed E-state index contributed by atoms with van der Waals surface area (Å²) in [6.07, 6.45) is 2.02. The number of carbonyl (C=O) groups is 1. The van der Waals surface area contributed by atoms with Crippen LogP contribution in [0.15, 0.2) is 48.7 Å². The third-order valence-electron chi connectivity index (χ3n) is 4.15. The third-order valence-corrected chi connectivity index (χ3v) is 4.15. The van der Waals surface area contributed by atoms with E-state index in [2.05, 4.69) is 16.7 Å². The number of anilines is 2. The minimum absolute atomic E-state index is 0.0154. The monoisotopic (exact) mass is 277 g/mol. The Balaban J connectivity index is 1.80. The molecular formula is C17H15N3O. The highest BCUT2D eigenvalue weighted by atomic mass is 16.2. The highest BCUT2D eigenvalue weighted by Gasteiger charge is 2.30. The molecule has 1 amide bonds. The lowest BCUT2D eigenvalue weighted by Crippen LogP contribution is -2.23. The van der Waals surface area contributed by atoms with Gasteiger partial charge in [0.05, 0.1) is 12.1 Å². The van der Waals surface area contributed by atoms with Crippen LogP contribution < -0.4 is 10.6 Å². The van der Waals surface area contributed by atoms with Crippen LogP contribution in [0.2, 0.25) is 0 Å². The van der Waals surface area contributed by atoms with Crippen molar-refractivity contribution in [2.45, 2.75) is 6.54 Å². The van der Waals surface area contributed by atoms with E-state index >= 15 is 0 Å². The number of nitrogens with two attached hydrogens (primary N) is 1. The first-order valence-corrected chi connectivity index (χ1v) is 6.89. The molecule has 0 saturated heterocycles. The van der Waals surface area contributed by atoms with Crippen LogP contribution in [0.1, 0.15) is 15.9 Å². The zero-order valence-electron chi connectivity index (χ0n) is 11.7. The van der Waals surface area contributed by atoms with Gasteiger partial charge in [-0.05, 0) is 35.9 Å². The number of rotatable bonds is 1. The van der Waals surface area contributed by atoms with Crippen LogP contribution in [0.5, 0.6) is 0 Å². The van der Waals surface area contributed by atoms with Gasteiger partial charge in [-0.15, -0.1) is 0 Å². The van der Waals surface area contributed by atoms with Gasteiger partial charge in [-0.25, -0.2) is 0 Å². The maximum absolute atomic E-state index is 12.6. The number of hydrogen-bond donors (Lipinski definition) is 1. The Labute approximate surface area is 122 Å². The fourth-order valence-electron chi connectivity index (χ4n) is 3.04. The van der Waals surface area contributed by atoms with Crippen molar-refractivity contribution in [3.05, 3.63) is 59.8 Å². The van der Waals surface area contributed by atoms with Gasteiger partial charge in [-0.2, -0.15) is 0 Å². The Bertz CT molecular complexity index is 879. The molecule has 0 atom stereocenters. The molecule has 1 aliphatic heterocycles. The molecule has 0 aliphatic carbocycles. The lowest BCUT2D eigenvalue weighted by atomic mass is 10.1. The van der Waals surface area contributed by atoms with E-state index in [0.717, 1.165) is 22.2 Å². The molecular weight excluding hydrogens is 262 g/mol. The van der Waals surface area contributed by atoms with Gasteiger partial charge >= 0.3 is 0 Å². The largest absolute Gasteiger partial charge is 0.398 e. The van der Waals surface area contributed by atoms with Crippen molar-refractivity contribution < 1.29 is 4.79 Å². The van der Waals surface area contributed by atoms with Gasteiger partial charge in [0.1, 0.15) is 0 Å². The zero-order chi connectivity index (χ0) is 14.6. The van der Waals surface area contributed by atoms with E-state index in [1.54, 1.807) is 11.0 Å². The topological polar surface area (TPSA) is 51.3 Å². The number of benzene rings is 2. The second kappa shape index (κ2) is 4.12. The molecule has 0 saturated carbocycles. The first-order chi connectivity index (χ1) is 10.1. The zero-order valence-corrected chi connectivity index (χ0v) is 11.7. The molecule has 0 fully saturated rings. The van der Waals surface area contributed by atoms with Gasteiger partial charge in [0.2, 0.25) is 0 Å². The average Bonchev–Trinajstić information content (AvgIpc) is 3.01. The number of nitrogen functional groups attached to an aromatic ring is 1. The van der Waals surface area contributed by atoms with Gasteiger partial charge < -0.3 is 15.2 Å². The standard InChI is InChI=1S/C17H15N3O/c1-19-8-7-11-9-13(5-6-15(11)19)20-10-12-3-2-4-14(18)16(12)17(20)21/h2-9H,10,18H2,1H3. The van der Waals surface area contributed by atoms with Gasteiger partial charge in [-0.1, -0.05) is 12.1 Å². The Hall–Kier alpha value is -2.75. The minimum atomic E-state index is -0.0154. The number of nitrogens with zero attached hydrogens (tertiary/aromatic N) is 2. The Morgan fingerprint density at radius 1 is 1.14 bits per heavy atom. The van der Waals surface area contributed by atoms with Crippen molar-refractivity contribution >= 4 is 28.2 Å². The summed E-state index contributed by atoms with van der Waals surface area (Å²) in [6, 6.07) is 13.8. The smallest absolute Gasteiger partial charge is 0.261 e. The van der Waals surface area contributed by atoms with Gasteiger partial charge in [-0.3, -0.25) is 4.79 Å². The molecule has 1 aliphatic rings. The summed E-state index contributed by atoms with van der Waals surface area (Å²) in [7, 11) is 2.01. The molecule has 0 radical (unpaired) electrons. The SMILES string of the molecule is Cn1ccc2cc(N3Cc4cccc(N)c4C3=O)ccc21. The molecule has 104 valence electrons. The summed E-state index contributed by atoms with van der Waals surface area (Å²) in [4.78, 5) is 14.4. The van der Waals surface area contributed by atoms with Crippen molar-refractivity contribution in [2.75, 3.05) is 10.6 Å². The summed E-state index contributed by atoms with van der Waals surface area (Å²) in [5, 5.41) is 1.13. The normalized spacial score (nSPS) is 14.0. The Kier molecular flexibility index (Phi) is 2.36. The van der Waals surface area contributed by atoms with Crippen molar-refractivity contribution in [1.29, 1.82) is 0 Å². The molecule has 3 aromatic rings. The fourth-order valence-corrected chi connectivity index (χ4v) is 3.04. The average molecular weight is 277 g/mol. The van der Waals surface area contributed by atoms with E-state index in [-0.39, 0.29) is 5.91 Å². The second-order valence-corrected chi connectivity index (χ2v) is 5.44. The summed E-state index contributed by atoms with van der Waals surface area (Å²) < 4.78 is 2.07. The van der Waals surface area contributed by atoms with Crippen LogP contribution in [-0.2, 0) is 13.6 Å². The summed E-state index contributed by atoms with van der Waals surface area (Å²) in [5.74, 6) is -0.0154. The summed E-state index contributed by atoms with van der Waals surface area (Å²) in [5.41, 5.74) is 10.2. The molecule has 4 heteroatoms. The molecule has 2 aromatic carbocycles. The van der Waals surface area contributed by atoms with E-state index in [1.807, 2.05) is 37.5 Å². The number of amides is 1. The number of aromatic nitrogens is 1. The first-order valence-electron chi connectivity index (χ1n) is 6.89. The first kappa shape index (κ1) is 12.0. The number of carbonyl (C=O) groups excluding carboxylic acids is 1. The van der Waals surface area contributed by atoms with E-state index < -0.39 is 0 Å². The number of hydrogen-bond acceptors (Lipinski definition) is 2. The predicted molar refractivity (Wildman–Crippen MR) is 84.3 cm³/mol. The Morgan fingerprint density at radius 2 is 2.00 bits per heavy atom. The number of aryl methyl sites for hydroxylation is 1. The second-order valence-electron chi connectivity index (χ2n) is 5.44.